The fourth-order valence-corrected chi connectivity index (χ4v) is 3.78. The predicted octanol–water partition coefficient (Wildman–Crippen LogP) is 3.51. The van der Waals surface area contributed by atoms with Crippen LogP contribution in [0.4, 0.5) is 26.3 Å². The highest BCUT2D eigenvalue weighted by Gasteiger charge is 2.48. The van der Waals surface area contributed by atoms with Gasteiger partial charge in [0.25, 0.3) is 0 Å². The molecule has 1 aromatic heterocycles. The molecule has 3 heterocycles. The van der Waals surface area contributed by atoms with Crippen molar-refractivity contribution < 1.29 is 55.6 Å². The van der Waals surface area contributed by atoms with Gasteiger partial charge in [0.05, 0.1) is 6.20 Å². The van der Waals surface area contributed by atoms with Gasteiger partial charge in [-0.05, 0) is 37.8 Å². The lowest BCUT2D eigenvalue weighted by atomic mass is 9.90. The molecule has 0 bridgehead atoms. The molecular formula is C20H24F6N2O6. The normalized spacial score (nSPS) is 24.9. The summed E-state index contributed by atoms with van der Waals surface area (Å²) in [6.07, 6.45) is 0.332. The van der Waals surface area contributed by atoms with Gasteiger partial charge < -0.3 is 19.7 Å². The topological polar surface area (TPSA) is 109 Å². The van der Waals surface area contributed by atoms with E-state index >= 15 is 0 Å². The summed E-state index contributed by atoms with van der Waals surface area (Å²) in [7, 11) is 0. The second-order valence-electron chi connectivity index (χ2n) is 7.78. The molecule has 2 aliphatic heterocycles. The van der Waals surface area contributed by atoms with Gasteiger partial charge in [-0.25, -0.2) is 9.59 Å². The van der Waals surface area contributed by atoms with Crippen LogP contribution in [0, 0.1) is 0 Å². The quantitative estimate of drug-likeness (QED) is 0.605. The van der Waals surface area contributed by atoms with Crippen LogP contribution >= 0.6 is 0 Å². The number of aliphatic carboxylic acids is 2. The van der Waals surface area contributed by atoms with Gasteiger partial charge in [0.1, 0.15) is 18.0 Å². The van der Waals surface area contributed by atoms with Gasteiger partial charge >= 0.3 is 24.3 Å². The molecule has 14 heteroatoms. The lowest BCUT2D eigenvalue weighted by Crippen LogP contribution is -2.47. The molecule has 2 saturated heterocycles. The summed E-state index contributed by atoms with van der Waals surface area (Å²) in [5, 5.41) is 14.2. The first kappa shape index (κ1) is 27.6. The van der Waals surface area contributed by atoms with Gasteiger partial charge in [-0.2, -0.15) is 26.3 Å². The van der Waals surface area contributed by atoms with Crippen molar-refractivity contribution in [1.29, 1.82) is 0 Å². The van der Waals surface area contributed by atoms with Crippen LogP contribution in [0.15, 0.2) is 24.5 Å². The Bertz CT molecular complexity index is 779. The molecule has 0 aromatic carbocycles. The highest BCUT2D eigenvalue weighted by atomic mass is 19.4. The van der Waals surface area contributed by atoms with Gasteiger partial charge in [0.2, 0.25) is 0 Å². The lowest BCUT2D eigenvalue weighted by molar-refractivity contribution is -0.193. The van der Waals surface area contributed by atoms with Crippen LogP contribution in [0.25, 0.3) is 0 Å². The molecule has 34 heavy (non-hydrogen) atoms. The van der Waals surface area contributed by atoms with Crippen molar-refractivity contribution in [1.82, 2.24) is 9.88 Å². The minimum Gasteiger partial charge on any atom is -0.485 e. The van der Waals surface area contributed by atoms with Crippen LogP contribution in [-0.4, -0.2) is 81.8 Å². The van der Waals surface area contributed by atoms with Crippen molar-refractivity contribution in [2.75, 3.05) is 13.2 Å². The highest BCUT2D eigenvalue weighted by Crippen LogP contribution is 2.37. The number of likely N-dealkylation sites (tertiary alicyclic amines) is 1. The van der Waals surface area contributed by atoms with Crippen molar-refractivity contribution in [2.24, 2.45) is 0 Å². The van der Waals surface area contributed by atoms with Crippen molar-refractivity contribution in [3.05, 3.63) is 24.5 Å². The Labute approximate surface area is 190 Å². The minimum absolute atomic E-state index is 0.157. The van der Waals surface area contributed by atoms with Gasteiger partial charge in [0, 0.05) is 31.4 Å². The number of hydrogen-bond acceptors (Lipinski definition) is 6. The summed E-state index contributed by atoms with van der Waals surface area (Å²) in [6, 6.07) is 5.24. The first-order chi connectivity index (χ1) is 15.8. The molecule has 3 fully saturated rings. The van der Waals surface area contributed by atoms with Crippen molar-refractivity contribution in [3.8, 4) is 5.75 Å². The van der Waals surface area contributed by atoms with Crippen LogP contribution in [0.5, 0.6) is 5.75 Å². The largest absolute Gasteiger partial charge is 0.490 e. The maximum absolute atomic E-state index is 10.6. The fraction of sp³-hybridized carbons (Fsp3) is 0.650. The van der Waals surface area contributed by atoms with Gasteiger partial charge in [-0.3, -0.25) is 9.88 Å². The number of halogens is 6. The van der Waals surface area contributed by atoms with E-state index in [2.05, 4.69) is 9.88 Å². The molecule has 4 rings (SSSR count). The SMILES string of the molecule is O=C(O)C(F)(F)F.O=C(O)C(F)(F)F.c1cncc(O[C@@H]2CN(C3CCC3)[C@@H]3CCCO[C@@H]32)c1. The molecule has 1 aromatic rings. The van der Waals surface area contributed by atoms with Crippen molar-refractivity contribution >= 4 is 11.9 Å². The van der Waals surface area contributed by atoms with Crippen LogP contribution in [0.2, 0.25) is 0 Å². The Morgan fingerprint density at radius 1 is 1.03 bits per heavy atom. The van der Waals surface area contributed by atoms with Crippen LogP contribution in [0.3, 0.4) is 0 Å². The molecule has 3 atom stereocenters. The monoisotopic (exact) mass is 502 g/mol. The zero-order valence-electron chi connectivity index (χ0n) is 17.8. The summed E-state index contributed by atoms with van der Waals surface area (Å²) >= 11 is 0. The van der Waals surface area contributed by atoms with Crippen LogP contribution < -0.4 is 4.74 Å². The Balaban J connectivity index is 0.000000244. The zero-order valence-corrected chi connectivity index (χ0v) is 17.8. The first-order valence-electron chi connectivity index (χ1n) is 10.3. The van der Waals surface area contributed by atoms with Gasteiger partial charge in [-0.1, -0.05) is 6.42 Å². The fourth-order valence-electron chi connectivity index (χ4n) is 3.78. The van der Waals surface area contributed by atoms with Gasteiger partial charge in [-0.15, -0.1) is 0 Å². The van der Waals surface area contributed by atoms with Crippen molar-refractivity contribution in [2.45, 2.75) is 68.7 Å². The van der Waals surface area contributed by atoms with E-state index in [0.717, 1.165) is 24.9 Å². The molecule has 1 saturated carbocycles. The minimum atomic E-state index is -5.08. The summed E-state index contributed by atoms with van der Waals surface area (Å²) in [4.78, 5) is 24.6. The van der Waals surface area contributed by atoms with Gasteiger partial charge in [0.15, 0.2) is 0 Å². The molecular weight excluding hydrogens is 478 g/mol. The molecule has 3 aliphatic rings. The number of carboxylic acid groups (broad SMARTS) is 2. The predicted molar refractivity (Wildman–Crippen MR) is 103 cm³/mol. The molecule has 0 unspecified atom stereocenters. The molecule has 2 N–H and O–H groups in total. The Kier molecular flexibility index (Phi) is 9.50. The molecule has 1 aliphatic carbocycles. The molecule has 192 valence electrons. The number of hydrogen-bond donors (Lipinski definition) is 2. The number of carbonyl (C=O) groups is 2. The third-order valence-corrected chi connectivity index (χ3v) is 5.47. The Hall–Kier alpha value is -2.61. The maximum atomic E-state index is 10.6. The Morgan fingerprint density at radius 2 is 1.62 bits per heavy atom. The zero-order chi connectivity index (χ0) is 25.5. The lowest BCUT2D eigenvalue weighted by Gasteiger charge is -2.40. The number of pyridine rings is 1. The maximum Gasteiger partial charge on any atom is 0.490 e. The summed E-state index contributed by atoms with van der Waals surface area (Å²) in [6.45, 7) is 1.89. The highest BCUT2D eigenvalue weighted by molar-refractivity contribution is 5.73. The molecule has 8 nitrogen and oxygen atoms in total. The van der Waals surface area contributed by atoms with E-state index in [-0.39, 0.29) is 12.2 Å². The average molecular weight is 502 g/mol. The summed E-state index contributed by atoms with van der Waals surface area (Å²) in [5.41, 5.74) is 0. The van der Waals surface area contributed by atoms with E-state index in [1.54, 1.807) is 12.4 Å². The van der Waals surface area contributed by atoms with E-state index in [1.165, 1.54) is 32.1 Å². The molecule has 0 radical (unpaired) electrons. The number of aromatic nitrogens is 1. The second-order valence-corrected chi connectivity index (χ2v) is 7.78. The second kappa shape index (κ2) is 11.7. The molecule has 0 spiro atoms. The Morgan fingerprint density at radius 3 is 2.06 bits per heavy atom. The van der Waals surface area contributed by atoms with E-state index in [4.69, 9.17) is 29.3 Å². The summed E-state index contributed by atoms with van der Waals surface area (Å²) in [5.74, 6) is -4.65. The van der Waals surface area contributed by atoms with E-state index in [1.807, 2.05) is 12.1 Å². The third kappa shape index (κ3) is 8.01. The summed E-state index contributed by atoms with van der Waals surface area (Å²) < 4.78 is 75.7. The number of rotatable bonds is 3. The van der Waals surface area contributed by atoms with Crippen LogP contribution in [0.1, 0.15) is 32.1 Å². The number of fused-ring (bicyclic) bond motifs is 1. The smallest absolute Gasteiger partial charge is 0.485 e. The third-order valence-electron chi connectivity index (χ3n) is 5.47. The van der Waals surface area contributed by atoms with Crippen molar-refractivity contribution in [3.63, 3.8) is 0 Å². The number of ether oxygens (including phenoxy) is 2. The van der Waals surface area contributed by atoms with E-state index in [9.17, 15) is 26.3 Å². The first-order valence-corrected chi connectivity index (χ1v) is 10.3. The number of alkyl halides is 6. The molecule has 0 amide bonds. The average Bonchev–Trinajstić information content (AvgIpc) is 3.05. The van der Waals surface area contributed by atoms with E-state index in [0.29, 0.717) is 6.04 Å². The standard InChI is InChI=1S/C16H22N2O2.2C2HF3O2/c1-4-12(5-1)18-11-15(16-14(18)7-3-9-19-16)20-13-6-2-8-17-10-13;2*3-2(4,5)1(6)7/h2,6,8,10,12,14-16H,1,3-5,7,9,11H2;2*(H,6,7)/t14-,15-,16+;;/m1../s1. The van der Waals surface area contributed by atoms with E-state index < -0.39 is 24.3 Å². The number of carboxylic acids is 2. The van der Waals surface area contributed by atoms with Crippen LogP contribution in [-0.2, 0) is 14.3 Å². The number of nitrogens with zero attached hydrogens (tertiary/aromatic N) is 2.